The first-order valence-corrected chi connectivity index (χ1v) is 8.81. The summed E-state index contributed by atoms with van der Waals surface area (Å²) in [5.74, 6) is 0.611. The van der Waals surface area contributed by atoms with Gasteiger partial charge in [0.25, 0.3) is 0 Å². The van der Waals surface area contributed by atoms with E-state index in [1.807, 2.05) is 30.0 Å². The van der Waals surface area contributed by atoms with Crippen LogP contribution in [0.1, 0.15) is 37.1 Å². The van der Waals surface area contributed by atoms with Crippen molar-refractivity contribution in [3.05, 3.63) is 28.2 Å². The Balaban J connectivity index is 0.00000144. The van der Waals surface area contributed by atoms with E-state index in [0.29, 0.717) is 12.3 Å². The summed E-state index contributed by atoms with van der Waals surface area (Å²) in [6.45, 7) is 3.47. The number of fused-ring (bicyclic) bond motifs is 1. The zero-order valence-electron chi connectivity index (χ0n) is 13.4. The van der Waals surface area contributed by atoms with Crippen LogP contribution in [0.4, 0.5) is 0 Å². The van der Waals surface area contributed by atoms with E-state index >= 15 is 0 Å². The summed E-state index contributed by atoms with van der Waals surface area (Å²) in [6, 6.07) is 5.78. The SMILES string of the molecule is CC(N)CC(=O)N1CCC(c2nc3cc(Cl)ccc3s2)CC1.Cl.Cl. The van der Waals surface area contributed by atoms with E-state index in [2.05, 4.69) is 0 Å². The molecular formula is C16H22Cl3N3OS. The molecule has 2 N–H and O–H groups in total. The number of benzene rings is 1. The molecule has 2 aromatic rings. The van der Waals surface area contributed by atoms with Crippen LogP contribution >= 0.6 is 47.8 Å². The third kappa shape index (κ3) is 4.96. The number of carbonyl (C=O) groups excluding carboxylic acids is 1. The molecule has 0 aliphatic carbocycles. The number of nitrogens with two attached hydrogens (primary N) is 1. The first-order valence-electron chi connectivity index (χ1n) is 7.62. The van der Waals surface area contributed by atoms with Crippen molar-refractivity contribution in [2.45, 2.75) is 38.1 Å². The molecule has 0 bridgehead atoms. The average Bonchev–Trinajstić information content (AvgIpc) is 2.89. The van der Waals surface area contributed by atoms with Gasteiger partial charge in [0.05, 0.1) is 15.2 Å². The monoisotopic (exact) mass is 409 g/mol. The van der Waals surface area contributed by atoms with Crippen molar-refractivity contribution in [1.29, 1.82) is 0 Å². The summed E-state index contributed by atoms with van der Waals surface area (Å²) in [5.41, 5.74) is 6.68. The average molecular weight is 411 g/mol. The fraction of sp³-hybridized carbons (Fsp3) is 0.500. The summed E-state index contributed by atoms with van der Waals surface area (Å²) < 4.78 is 1.18. The molecule has 0 saturated carbocycles. The fourth-order valence-corrected chi connectivity index (χ4v) is 4.16. The molecular weight excluding hydrogens is 389 g/mol. The summed E-state index contributed by atoms with van der Waals surface area (Å²) in [5, 5.41) is 1.89. The maximum atomic E-state index is 12.0. The van der Waals surface area contributed by atoms with Crippen LogP contribution in [0.5, 0.6) is 0 Å². The van der Waals surface area contributed by atoms with Gasteiger partial charge in [-0.15, -0.1) is 36.2 Å². The number of rotatable bonds is 3. The Bertz CT molecular complexity index is 684. The number of hydrogen-bond acceptors (Lipinski definition) is 4. The number of likely N-dealkylation sites (tertiary alicyclic amines) is 1. The van der Waals surface area contributed by atoms with E-state index in [-0.39, 0.29) is 36.8 Å². The lowest BCUT2D eigenvalue weighted by molar-refractivity contribution is -0.132. The van der Waals surface area contributed by atoms with Crippen LogP contribution in [0.2, 0.25) is 5.02 Å². The van der Waals surface area contributed by atoms with Crippen molar-refractivity contribution in [3.63, 3.8) is 0 Å². The molecule has 4 nitrogen and oxygen atoms in total. The summed E-state index contributed by atoms with van der Waals surface area (Å²) in [6.07, 6.45) is 2.38. The molecule has 24 heavy (non-hydrogen) atoms. The lowest BCUT2D eigenvalue weighted by atomic mass is 9.97. The quantitative estimate of drug-likeness (QED) is 0.823. The van der Waals surface area contributed by atoms with Crippen molar-refractivity contribution in [2.75, 3.05) is 13.1 Å². The molecule has 1 aromatic heterocycles. The maximum absolute atomic E-state index is 12.0. The van der Waals surface area contributed by atoms with Crippen molar-refractivity contribution < 1.29 is 4.79 Å². The number of hydrogen-bond donors (Lipinski definition) is 1. The summed E-state index contributed by atoms with van der Waals surface area (Å²) in [7, 11) is 0. The second-order valence-electron chi connectivity index (χ2n) is 6.00. The van der Waals surface area contributed by atoms with Gasteiger partial charge in [-0.3, -0.25) is 4.79 Å². The number of halogens is 3. The maximum Gasteiger partial charge on any atom is 0.224 e. The highest BCUT2D eigenvalue weighted by Crippen LogP contribution is 2.34. The molecule has 1 aromatic carbocycles. The molecule has 1 atom stereocenters. The highest BCUT2D eigenvalue weighted by atomic mass is 35.5. The van der Waals surface area contributed by atoms with E-state index in [1.165, 1.54) is 4.70 Å². The van der Waals surface area contributed by atoms with E-state index < -0.39 is 0 Å². The lowest BCUT2D eigenvalue weighted by Gasteiger charge is -2.31. The topological polar surface area (TPSA) is 59.2 Å². The van der Waals surface area contributed by atoms with Crippen molar-refractivity contribution in [1.82, 2.24) is 9.88 Å². The molecule has 1 saturated heterocycles. The van der Waals surface area contributed by atoms with Gasteiger partial charge in [-0.05, 0) is 38.0 Å². The van der Waals surface area contributed by atoms with Gasteiger partial charge < -0.3 is 10.6 Å². The Labute approximate surface area is 163 Å². The van der Waals surface area contributed by atoms with Crippen LogP contribution in [0, 0.1) is 0 Å². The fourth-order valence-electron chi connectivity index (χ4n) is 2.87. The number of aromatic nitrogens is 1. The normalized spacial score (nSPS) is 16.4. The van der Waals surface area contributed by atoms with Crippen LogP contribution in [-0.4, -0.2) is 34.9 Å². The van der Waals surface area contributed by atoms with E-state index in [9.17, 15) is 4.79 Å². The molecule has 0 radical (unpaired) electrons. The standard InChI is InChI=1S/C16H20ClN3OS.2ClH/c1-10(18)8-15(21)20-6-4-11(5-7-20)16-19-13-9-12(17)2-3-14(13)22-16;;/h2-3,9-11H,4-8,18H2,1H3;2*1H. The minimum atomic E-state index is -0.0702. The molecule has 134 valence electrons. The minimum absolute atomic E-state index is 0. The van der Waals surface area contributed by atoms with Gasteiger partial charge in [0.2, 0.25) is 5.91 Å². The van der Waals surface area contributed by atoms with E-state index in [4.69, 9.17) is 22.3 Å². The van der Waals surface area contributed by atoms with Crippen LogP contribution in [-0.2, 0) is 4.79 Å². The molecule has 2 heterocycles. The van der Waals surface area contributed by atoms with Gasteiger partial charge in [-0.25, -0.2) is 4.98 Å². The molecule has 1 amide bonds. The second-order valence-corrected chi connectivity index (χ2v) is 7.50. The van der Waals surface area contributed by atoms with Crippen molar-refractivity contribution >= 4 is 63.9 Å². The number of amides is 1. The first kappa shape index (κ1) is 21.5. The zero-order valence-corrected chi connectivity index (χ0v) is 16.6. The Morgan fingerprint density at radius 2 is 2.08 bits per heavy atom. The molecule has 1 aliphatic rings. The van der Waals surface area contributed by atoms with Gasteiger partial charge in [0, 0.05) is 36.5 Å². The lowest BCUT2D eigenvalue weighted by Crippen LogP contribution is -2.40. The third-order valence-corrected chi connectivity index (χ3v) is 5.49. The Morgan fingerprint density at radius 3 is 2.71 bits per heavy atom. The molecule has 1 unspecified atom stereocenters. The second kappa shape index (κ2) is 9.20. The largest absolute Gasteiger partial charge is 0.343 e. The van der Waals surface area contributed by atoms with Crippen LogP contribution in [0.3, 0.4) is 0 Å². The van der Waals surface area contributed by atoms with Gasteiger partial charge >= 0.3 is 0 Å². The predicted molar refractivity (Wildman–Crippen MR) is 106 cm³/mol. The highest BCUT2D eigenvalue weighted by molar-refractivity contribution is 7.18. The van der Waals surface area contributed by atoms with Crippen molar-refractivity contribution in [3.8, 4) is 0 Å². The Hall–Kier alpha value is -0.590. The van der Waals surface area contributed by atoms with Crippen LogP contribution in [0.15, 0.2) is 18.2 Å². The number of thiazole rings is 1. The summed E-state index contributed by atoms with van der Waals surface area (Å²) >= 11 is 7.76. The van der Waals surface area contributed by atoms with E-state index in [0.717, 1.165) is 41.5 Å². The highest BCUT2D eigenvalue weighted by Gasteiger charge is 2.26. The first-order chi connectivity index (χ1) is 10.5. The molecule has 1 aliphatic heterocycles. The molecule has 8 heteroatoms. The molecule has 1 fully saturated rings. The van der Waals surface area contributed by atoms with Gasteiger partial charge in [0.1, 0.15) is 0 Å². The van der Waals surface area contributed by atoms with Gasteiger partial charge in [-0.2, -0.15) is 0 Å². The minimum Gasteiger partial charge on any atom is -0.343 e. The van der Waals surface area contributed by atoms with E-state index in [1.54, 1.807) is 11.3 Å². The summed E-state index contributed by atoms with van der Waals surface area (Å²) in [4.78, 5) is 18.7. The molecule has 3 rings (SSSR count). The Kier molecular flexibility index (Phi) is 8.23. The third-order valence-electron chi connectivity index (χ3n) is 4.06. The zero-order chi connectivity index (χ0) is 15.7. The van der Waals surface area contributed by atoms with Crippen LogP contribution in [0.25, 0.3) is 10.2 Å². The Morgan fingerprint density at radius 1 is 1.42 bits per heavy atom. The van der Waals surface area contributed by atoms with Gasteiger partial charge in [-0.1, -0.05) is 11.6 Å². The number of piperidine rings is 1. The molecule has 0 spiro atoms. The van der Waals surface area contributed by atoms with Crippen molar-refractivity contribution in [2.24, 2.45) is 5.73 Å². The van der Waals surface area contributed by atoms with Crippen LogP contribution < -0.4 is 5.73 Å². The van der Waals surface area contributed by atoms with Gasteiger partial charge in [0.15, 0.2) is 0 Å². The number of carbonyl (C=O) groups is 1. The number of nitrogens with zero attached hydrogens (tertiary/aromatic N) is 2. The smallest absolute Gasteiger partial charge is 0.224 e. The predicted octanol–water partition coefficient (Wildman–Crippen LogP) is 4.24.